The van der Waals surface area contributed by atoms with Crippen molar-refractivity contribution in [2.45, 2.75) is 30.5 Å². The lowest BCUT2D eigenvalue weighted by Gasteiger charge is -2.06. The van der Waals surface area contributed by atoms with E-state index >= 15 is 0 Å². The Labute approximate surface area is 178 Å². The minimum absolute atomic E-state index is 0.513. The van der Waals surface area contributed by atoms with Crippen molar-refractivity contribution in [1.29, 1.82) is 0 Å². The third kappa shape index (κ3) is 4.83. The summed E-state index contributed by atoms with van der Waals surface area (Å²) in [5.41, 5.74) is 4.09. The van der Waals surface area contributed by atoms with Gasteiger partial charge in [0.1, 0.15) is 5.03 Å². The fourth-order valence-electron chi connectivity index (χ4n) is 2.76. The topological polar surface area (TPSA) is 64.7 Å². The van der Waals surface area contributed by atoms with Crippen LogP contribution in [-0.4, -0.2) is 20.3 Å². The fourth-order valence-corrected chi connectivity index (χ4v) is 3.53. The van der Waals surface area contributed by atoms with E-state index in [2.05, 4.69) is 58.5 Å². The lowest BCUT2D eigenvalue weighted by atomic mass is 10.0. The molecule has 2 heterocycles. The van der Waals surface area contributed by atoms with Crippen LogP contribution in [0.3, 0.4) is 0 Å². The largest absolute Gasteiger partial charge is 0.338 e. The Bertz CT molecular complexity index is 1080. The van der Waals surface area contributed by atoms with Gasteiger partial charge < -0.3 is 4.52 Å². The van der Waals surface area contributed by atoms with E-state index in [0.717, 1.165) is 21.8 Å². The summed E-state index contributed by atoms with van der Waals surface area (Å²) in [5, 5.41) is 14.2. The molecular formula is C22H19ClN4OS. The van der Waals surface area contributed by atoms with Crippen LogP contribution in [0.25, 0.3) is 22.6 Å². The van der Waals surface area contributed by atoms with Gasteiger partial charge in [-0.3, -0.25) is 0 Å². The number of rotatable bonds is 6. The zero-order valence-electron chi connectivity index (χ0n) is 16.0. The quantitative estimate of drug-likeness (QED) is 0.341. The number of thioether (sulfide) groups is 1. The first-order valence-corrected chi connectivity index (χ1v) is 10.6. The summed E-state index contributed by atoms with van der Waals surface area (Å²) >= 11 is 7.41. The highest BCUT2D eigenvalue weighted by atomic mass is 35.5. The first-order chi connectivity index (χ1) is 14.1. The molecule has 0 fully saturated rings. The maximum atomic E-state index is 5.91. The first-order valence-electron chi connectivity index (χ1n) is 9.24. The Morgan fingerprint density at radius 2 is 1.62 bits per heavy atom. The normalized spacial score (nSPS) is 11.2. The molecule has 2 aromatic carbocycles. The van der Waals surface area contributed by atoms with Crippen molar-refractivity contribution in [3.05, 3.63) is 77.1 Å². The predicted octanol–water partition coefficient (Wildman–Crippen LogP) is 6.26. The molecule has 0 aliphatic rings. The van der Waals surface area contributed by atoms with E-state index in [9.17, 15) is 0 Å². The van der Waals surface area contributed by atoms with Crippen LogP contribution in [0, 0.1) is 0 Å². The average Bonchev–Trinajstić information content (AvgIpc) is 3.22. The van der Waals surface area contributed by atoms with E-state index in [1.54, 1.807) is 12.1 Å². The number of aromatic nitrogens is 4. The van der Waals surface area contributed by atoms with Gasteiger partial charge in [0, 0.05) is 16.1 Å². The highest BCUT2D eigenvalue weighted by Gasteiger charge is 2.10. The van der Waals surface area contributed by atoms with Crippen LogP contribution >= 0.6 is 23.4 Å². The molecule has 5 nitrogen and oxygen atoms in total. The van der Waals surface area contributed by atoms with Crippen LogP contribution in [-0.2, 0) is 5.75 Å². The maximum Gasteiger partial charge on any atom is 0.237 e. The lowest BCUT2D eigenvalue weighted by Crippen LogP contribution is -1.91. The summed E-state index contributed by atoms with van der Waals surface area (Å²) in [5.74, 6) is 2.12. The Morgan fingerprint density at radius 3 is 2.28 bits per heavy atom. The zero-order valence-corrected chi connectivity index (χ0v) is 17.6. The summed E-state index contributed by atoms with van der Waals surface area (Å²) in [4.78, 5) is 4.42. The van der Waals surface area contributed by atoms with Gasteiger partial charge in [0.2, 0.25) is 11.7 Å². The summed E-state index contributed by atoms with van der Waals surface area (Å²) in [7, 11) is 0. The van der Waals surface area contributed by atoms with E-state index < -0.39 is 0 Å². The molecule has 0 aliphatic carbocycles. The molecule has 4 aromatic rings. The summed E-state index contributed by atoms with van der Waals surface area (Å²) in [6, 6.07) is 19.7. The van der Waals surface area contributed by atoms with Crippen molar-refractivity contribution < 1.29 is 4.52 Å². The van der Waals surface area contributed by atoms with Crippen molar-refractivity contribution in [3.63, 3.8) is 0 Å². The number of hydrogen-bond donors (Lipinski definition) is 0. The SMILES string of the molecule is CC(C)c1ccc(-c2ccc(SCc3nc(-c4ccc(Cl)cc4)no3)nn2)cc1. The predicted molar refractivity (Wildman–Crippen MR) is 116 cm³/mol. The molecular weight excluding hydrogens is 404 g/mol. The van der Waals surface area contributed by atoms with E-state index in [1.807, 2.05) is 24.3 Å². The van der Waals surface area contributed by atoms with E-state index in [0.29, 0.717) is 28.4 Å². The third-order valence-electron chi connectivity index (χ3n) is 4.43. The molecule has 0 N–H and O–H groups in total. The highest BCUT2D eigenvalue weighted by Crippen LogP contribution is 2.25. The van der Waals surface area contributed by atoms with Crippen LogP contribution in [0.15, 0.2) is 70.2 Å². The Hall–Kier alpha value is -2.70. The van der Waals surface area contributed by atoms with E-state index in [-0.39, 0.29) is 0 Å². The van der Waals surface area contributed by atoms with Gasteiger partial charge >= 0.3 is 0 Å². The monoisotopic (exact) mass is 422 g/mol. The molecule has 0 bridgehead atoms. The number of nitrogens with zero attached hydrogens (tertiary/aromatic N) is 4. The third-order valence-corrected chi connectivity index (χ3v) is 5.58. The van der Waals surface area contributed by atoms with Crippen LogP contribution in [0.2, 0.25) is 5.02 Å². The second-order valence-corrected chi connectivity index (χ2v) is 8.27. The van der Waals surface area contributed by atoms with Crippen LogP contribution in [0.4, 0.5) is 0 Å². The summed E-state index contributed by atoms with van der Waals surface area (Å²) in [6.45, 7) is 4.37. The molecule has 4 rings (SSSR count). The van der Waals surface area contributed by atoms with Crippen molar-refractivity contribution in [2.75, 3.05) is 0 Å². The summed E-state index contributed by atoms with van der Waals surface area (Å²) < 4.78 is 5.33. The first kappa shape index (κ1) is 19.6. The van der Waals surface area contributed by atoms with Gasteiger partial charge in [-0.25, -0.2) is 0 Å². The fraction of sp³-hybridized carbons (Fsp3) is 0.182. The average molecular weight is 423 g/mol. The zero-order chi connectivity index (χ0) is 20.2. The Balaban J connectivity index is 1.39. The van der Waals surface area contributed by atoms with Gasteiger partial charge in [-0.05, 0) is 47.9 Å². The molecule has 0 aliphatic heterocycles. The smallest absolute Gasteiger partial charge is 0.237 e. The number of halogens is 1. The minimum atomic E-state index is 0.513. The molecule has 7 heteroatoms. The standard InChI is InChI=1S/C22H19ClN4OS/c1-14(2)15-3-5-16(6-4-15)19-11-12-21(26-25-19)29-13-20-24-22(27-28-20)17-7-9-18(23)10-8-17/h3-12,14H,13H2,1-2H3. The van der Waals surface area contributed by atoms with E-state index in [4.69, 9.17) is 16.1 Å². The van der Waals surface area contributed by atoms with Gasteiger partial charge in [0.05, 0.1) is 11.4 Å². The van der Waals surface area contributed by atoms with Gasteiger partial charge in [0.25, 0.3) is 0 Å². The van der Waals surface area contributed by atoms with Gasteiger partial charge in [-0.1, -0.05) is 66.6 Å². The molecule has 0 spiro atoms. The number of hydrogen-bond acceptors (Lipinski definition) is 6. The molecule has 146 valence electrons. The second kappa shape index (κ2) is 8.76. The number of benzene rings is 2. The molecule has 0 amide bonds. The molecule has 2 aromatic heterocycles. The van der Waals surface area contributed by atoms with Crippen LogP contribution in [0.1, 0.15) is 31.2 Å². The molecule has 0 saturated carbocycles. The summed E-state index contributed by atoms with van der Waals surface area (Å²) in [6.07, 6.45) is 0. The molecule has 0 saturated heterocycles. The van der Waals surface area contributed by atoms with E-state index in [1.165, 1.54) is 17.3 Å². The molecule has 0 unspecified atom stereocenters. The van der Waals surface area contributed by atoms with Crippen molar-refractivity contribution in [3.8, 4) is 22.6 Å². The van der Waals surface area contributed by atoms with Gasteiger partial charge in [-0.15, -0.1) is 10.2 Å². The highest BCUT2D eigenvalue weighted by molar-refractivity contribution is 7.98. The Morgan fingerprint density at radius 1 is 0.897 bits per heavy atom. The molecule has 29 heavy (non-hydrogen) atoms. The van der Waals surface area contributed by atoms with Crippen LogP contribution < -0.4 is 0 Å². The Kier molecular flexibility index (Phi) is 5.92. The van der Waals surface area contributed by atoms with Gasteiger partial charge in [-0.2, -0.15) is 4.98 Å². The molecule has 0 atom stereocenters. The van der Waals surface area contributed by atoms with Crippen molar-refractivity contribution in [2.24, 2.45) is 0 Å². The van der Waals surface area contributed by atoms with Crippen molar-refractivity contribution >= 4 is 23.4 Å². The second-order valence-electron chi connectivity index (χ2n) is 6.84. The lowest BCUT2D eigenvalue weighted by molar-refractivity contribution is 0.391. The minimum Gasteiger partial charge on any atom is -0.338 e. The molecule has 0 radical (unpaired) electrons. The van der Waals surface area contributed by atoms with Gasteiger partial charge in [0.15, 0.2) is 0 Å². The maximum absolute atomic E-state index is 5.91. The van der Waals surface area contributed by atoms with Crippen LogP contribution in [0.5, 0.6) is 0 Å². The van der Waals surface area contributed by atoms with Crippen molar-refractivity contribution in [1.82, 2.24) is 20.3 Å².